The van der Waals surface area contributed by atoms with Crippen LogP contribution in [0.4, 0.5) is 0 Å². The van der Waals surface area contributed by atoms with Crippen LogP contribution in [0, 0.1) is 13.8 Å². The van der Waals surface area contributed by atoms with Crippen molar-refractivity contribution in [3.8, 4) is 0 Å². The highest BCUT2D eigenvalue weighted by Crippen LogP contribution is 2.39. The molecule has 0 aromatic heterocycles. The van der Waals surface area contributed by atoms with E-state index in [4.69, 9.17) is 69.6 Å². The molecule has 0 aliphatic carbocycles. The van der Waals surface area contributed by atoms with E-state index in [1.54, 1.807) is 0 Å². The number of benzene rings is 4. The van der Waals surface area contributed by atoms with E-state index < -0.39 is 31.3 Å². The Bertz CT molecular complexity index is 1810. The van der Waals surface area contributed by atoms with E-state index >= 15 is 0 Å². The van der Waals surface area contributed by atoms with Crippen LogP contribution in [0.3, 0.4) is 0 Å². The summed E-state index contributed by atoms with van der Waals surface area (Å²) in [5, 5.41) is -0.167. The monoisotopic (exact) mass is 697 g/mol. The van der Waals surface area contributed by atoms with Crippen LogP contribution in [0.2, 0.25) is 30.1 Å². The van der Waals surface area contributed by atoms with E-state index in [-0.39, 0.29) is 80.2 Å². The zero-order valence-electron chi connectivity index (χ0n) is 21.5. The van der Waals surface area contributed by atoms with Crippen molar-refractivity contribution in [2.75, 3.05) is 0 Å². The minimum absolute atomic E-state index is 0.0260. The smallest absolute Gasteiger partial charge is 0.288 e. The average Bonchev–Trinajstić information content (AvgIpc) is 2.92. The molecule has 0 heterocycles. The molecule has 0 spiro atoms. The lowest BCUT2D eigenvalue weighted by Crippen LogP contribution is -2.23. The third-order valence-electron chi connectivity index (χ3n) is 6.57. The Labute approximate surface area is 271 Å². The maximum Gasteiger partial charge on any atom is 0.406 e. The molecule has 1 unspecified atom stereocenters. The van der Waals surface area contributed by atoms with Gasteiger partial charge < -0.3 is 0 Å². The molecule has 0 saturated heterocycles. The molecule has 1 atom stereocenters. The maximum atomic E-state index is 14.3. The van der Waals surface area contributed by atoms with Crippen LogP contribution in [-0.4, -0.2) is 22.9 Å². The minimum Gasteiger partial charge on any atom is -0.288 e. The van der Waals surface area contributed by atoms with Crippen molar-refractivity contribution in [2.45, 2.75) is 13.8 Å². The van der Waals surface area contributed by atoms with Crippen LogP contribution >= 0.6 is 78.1 Å². The lowest BCUT2D eigenvalue weighted by atomic mass is 9.80. The summed E-state index contributed by atoms with van der Waals surface area (Å²) >= 11 is 38.1. The zero-order chi connectivity index (χ0) is 31.0. The molecule has 4 aromatic carbocycles. The van der Waals surface area contributed by atoms with Gasteiger partial charge in [0.25, 0.3) is 0 Å². The Kier molecular flexibility index (Phi) is 9.97. The van der Waals surface area contributed by atoms with Crippen molar-refractivity contribution in [2.24, 2.45) is 0 Å². The predicted molar refractivity (Wildman–Crippen MR) is 169 cm³/mol. The first-order valence-electron chi connectivity index (χ1n) is 11.9. The molecule has 0 aliphatic heterocycles. The molecule has 0 saturated carbocycles. The van der Waals surface area contributed by atoms with Crippen molar-refractivity contribution in [3.63, 3.8) is 0 Å². The van der Waals surface area contributed by atoms with Gasteiger partial charge in [0.2, 0.25) is 0 Å². The SMILES string of the molecule is Cc1c(C(=O)[PH+]=O)c(C(=O)c2c(Cl)cccc2Cl)c(C)c(C(=O)c2c(Cl)cccc2Cl)c1C(=O)c1c(Cl)cccc1Cl. The first-order chi connectivity index (χ1) is 19.8. The van der Waals surface area contributed by atoms with Crippen molar-refractivity contribution >= 4 is 101 Å². The van der Waals surface area contributed by atoms with Crippen molar-refractivity contribution in [1.29, 1.82) is 0 Å². The fourth-order valence-electron chi connectivity index (χ4n) is 4.71. The second-order valence-electron chi connectivity index (χ2n) is 8.96. The Hall–Kier alpha value is -2.60. The maximum absolute atomic E-state index is 14.3. The molecular formula is C30H16Cl6O5P+. The highest BCUT2D eigenvalue weighted by Gasteiger charge is 2.38. The summed E-state index contributed by atoms with van der Waals surface area (Å²) < 4.78 is 12.0. The van der Waals surface area contributed by atoms with E-state index in [0.29, 0.717) is 0 Å². The van der Waals surface area contributed by atoms with Crippen LogP contribution in [-0.2, 0) is 4.57 Å². The summed E-state index contributed by atoms with van der Waals surface area (Å²) in [7, 11) is -1.54. The first-order valence-corrected chi connectivity index (χ1v) is 15.1. The third kappa shape index (κ3) is 5.68. The summed E-state index contributed by atoms with van der Waals surface area (Å²) in [5.41, 5.74) is -2.92. The second kappa shape index (κ2) is 13.0. The highest BCUT2D eigenvalue weighted by atomic mass is 35.5. The lowest BCUT2D eigenvalue weighted by molar-refractivity contribution is 0.0997. The van der Waals surface area contributed by atoms with Crippen molar-refractivity contribution < 1.29 is 23.7 Å². The molecule has 42 heavy (non-hydrogen) atoms. The van der Waals surface area contributed by atoms with Gasteiger partial charge in [-0.1, -0.05) is 92.4 Å². The van der Waals surface area contributed by atoms with Crippen LogP contribution in [0.5, 0.6) is 0 Å². The van der Waals surface area contributed by atoms with Gasteiger partial charge in [0.15, 0.2) is 17.3 Å². The zero-order valence-corrected chi connectivity index (χ0v) is 27.0. The number of carbonyl (C=O) groups is 4. The molecule has 4 aromatic rings. The molecule has 5 nitrogen and oxygen atoms in total. The van der Waals surface area contributed by atoms with Gasteiger partial charge in [0.1, 0.15) is 0 Å². The number of carbonyl (C=O) groups excluding carboxylic acids is 4. The van der Waals surface area contributed by atoms with E-state index in [9.17, 15) is 23.7 Å². The predicted octanol–water partition coefficient (Wildman–Crippen LogP) is 10.1. The Morgan fingerprint density at radius 1 is 0.452 bits per heavy atom. The molecule has 12 heteroatoms. The van der Waals surface area contributed by atoms with Crippen LogP contribution < -0.4 is 0 Å². The van der Waals surface area contributed by atoms with Crippen molar-refractivity contribution in [1.82, 2.24) is 0 Å². The van der Waals surface area contributed by atoms with E-state index in [2.05, 4.69) is 0 Å². The standard InChI is InChI=1S/C30H15Cl6O5P/c1-12-20(27(37)24-14(31)6-3-7-15(24)32)21(28(38)25-16(33)8-4-9-17(25)34)13(2)23(30(40)42-41)22(12)29(39)26-18(35)10-5-11-19(26)36/h3-11H,1-2H3/p+1. The third-order valence-corrected chi connectivity index (χ3v) is 8.90. The largest absolute Gasteiger partial charge is 0.406 e. The molecule has 0 amide bonds. The molecule has 212 valence electrons. The summed E-state index contributed by atoms with van der Waals surface area (Å²) in [4.78, 5) is 55.8. The van der Waals surface area contributed by atoms with E-state index in [0.717, 1.165) is 0 Å². The van der Waals surface area contributed by atoms with Gasteiger partial charge in [0, 0.05) is 16.7 Å². The fourth-order valence-corrected chi connectivity index (χ4v) is 6.83. The molecule has 0 aliphatic rings. The van der Waals surface area contributed by atoms with Gasteiger partial charge in [-0.2, -0.15) is 0 Å². The van der Waals surface area contributed by atoms with Crippen LogP contribution in [0.15, 0.2) is 54.6 Å². The summed E-state index contributed by atoms with van der Waals surface area (Å²) in [6, 6.07) is 13.1. The lowest BCUT2D eigenvalue weighted by Gasteiger charge is -2.21. The highest BCUT2D eigenvalue weighted by molar-refractivity contribution is 7.47. The van der Waals surface area contributed by atoms with Gasteiger partial charge in [-0.15, -0.1) is 0 Å². The van der Waals surface area contributed by atoms with Gasteiger partial charge in [0.05, 0.1) is 52.4 Å². The molecule has 4 rings (SSSR count). The van der Waals surface area contributed by atoms with Gasteiger partial charge >= 0.3 is 14.0 Å². The average molecular weight is 700 g/mol. The first kappa shape index (κ1) is 32.3. The normalized spacial score (nSPS) is 11.0. The quantitative estimate of drug-likeness (QED) is 0.135. The number of hydrogen-bond donors (Lipinski definition) is 0. The summed E-state index contributed by atoms with van der Waals surface area (Å²) in [6.45, 7) is 2.71. The molecule has 0 N–H and O–H groups in total. The topological polar surface area (TPSA) is 85.3 Å². The van der Waals surface area contributed by atoms with E-state index in [1.807, 2.05) is 0 Å². The minimum atomic E-state index is -1.54. The number of rotatable bonds is 8. The second-order valence-corrected chi connectivity index (χ2v) is 12.1. The molecular weight excluding hydrogens is 684 g/mol. The summed E-state index contributed by atoms with van der Waals surface area (Å²) in [6.07, 6.45) is 0. The van der Waals surface area contributed by atoms with Crippen molar-refractivity contribution in [3.05, 3.63) is 135 Å². The molecule has 0 bridgehead atoms. The Balaban J connectivity index is 2.23. The van der Waals surface area contributed by atoms with Crippen LogP contribution in [0.1, 0.15) is 69.2 Å². The number of hydrogen-bond acceptors (Lipinski definition) is 5. The fraction of sp³-hybridized carbons (Fsp3) is 0.0667. The van der Waals surface area contributed by atoms with Gasteiger partial charge in [-0.05, 0) is 61.4 Å². The molecule has 0 fully saturated rings. The van der Waals surface area contributed by atoms with Gasteiger partial charge in [-0.3, -0.25) is 14.4 Å². The van der Waals surface area contributed by atoms with E-state index in [1.165, 1.54) is 68.4 Å². The number of ketones is 3. The van der Waals surface area contributed by atoms with Gasteiger partial charge in [-0.25, -0.2) is 4.79 Å². The summed E-state index contributed by atoms with van der Waals surface area (Å²) in [5.74, 6) is -2.47. The number of halogens is 6. The van der Waals surface area contributed by atoms with Crippen LogP contribution in [0.25, 0.3) is 0 Å². The molecule has 0 radical (unpaired) electrons. The Morgan fingerprint density at radius 2 is 0.690 bits per heavy atom. The Morgan fingerprint density at radius 3 is 0.952 bits per heavy atom.